The quantitative estimate of drug-likeness (QED) is 0.158. The molecule has 292 valence electrons. The summed E-state index contributed by atoms with van der Waals surface area (Å²) in [7, 11) is -1.89. The van der Waals surface area contributed by atoms with E-state index in [0.717, 1.165) is 61.3 Å². The Balaban J connectivity index is 0.00000580. The van der Waals surface area contributed by atoms with Gasteiger partial charge in [-0.25, -0.2) is 35.5 Å². The second kappa shape index (κ2) is 17.2. The van der Waals surface area contributed by atoms with Gasteiger partial charge in [0.1, 0.15) is 29.3 Å². The predicted molar refractivity (Wildman–Crippen MR) is 202 cm³/mol. The van der Waals surface area contributed by atoms with E-state index in [0.29, 0.717) is 35.3 Å². The van der Waals surface area contributed by atoms with Crippen molar-refractivity contribution in [3.63, 3.8) is 0 Å². The molecule has 17 heteroatoms. The Morgan fingerprint density at radius 3 is 1.56 bits per heavy atom. The van der Waals surface area contributed by atoms with Gasteiger partial charge in [0.05, 0.1) is 35.4 Å². The third kappa shape index (κ3) is 11.0. The molecule has 2 heterocycles. The first kappa shape index (κ1) is 41.1. The maximum Gasteiger partial charge on any atom is 0.329 e. The molecular formula is C38H40F4N6O5S2. The molecule has 2 aliphatic rings. The van der Waals surface area contributed by atoms with Crippen LogP contribution in [0.2, 0.25) is 0 Å². The molecule has 4 aromatic rings. The standard InChI is InChI=1S/C38H38F4N6O5S.H2S/c1-47(31-7-9-33(43-19-31)24-3-4-24)36(49)26(11-22-12-27(39)17-28(40)13-22)21-54(52,53)46-38(51)45-35(16-23-14-29(41)18-30(42)15-23)37(50)48(2)32-8-10-34(44-20-32)25-5-6-25;/h7-10,12-15,17-20,24-26,35H,3-6,11,16,21H2,1-2H3,(H2,45,46,51);1H2/t26-,35+;/m1./s1. The van der Waals surface area contributed by atoms with Crippen molar-refractivity contribution in [2.75, 3.05) is 29.6 Å². The number of sulfonamides is 1. The fourth-order valence-electron chi connectivity index (χ4n) is 6.23. The highest BCUT2D eigenvalue weighted by Crippen LogP contribution is 2.40. The van der Waals surface area contributed by atoms with Gasteiger partial charge in [-0.2, -0.15) is 13.5 Å². The molecule has 2 aromatic heterocycles. The fraction of sp³-hybridized carbons (Fsp3) is 0.342. The number of benzene rings is 2. The Labute approximate surface area is 323 Å². The van der Waals surface area contributed by atoms with E-state index < -0.39 is 81.7 Å². The summed E-state index contributed by atoms with van der Waals surface area (Å²) in [6, 6.07) is 9.14. The van der Waals surface area contributed by atoms with Crippen LogP contribution in [0, 0.1) is 29.2 Å². The molecule has 55 heavy (non-hydrogen) atoms. The van der Waals surface area contributed by atoms with Gasteiger partial charge in [0.2, 0.25) is 21.8 Å². The van der Waals surface area contributed by atoms with E-state index in [1.807, 2.05) is 4.72 Å². The van der Waals surface area contributed by atoms with E-state index in [-0.39, 0.29) is 24.6 Å². The molecule has 2 atom stereocenters. The molecule has 11 nitrogen and oxygen atoms in total. The van der Waals surface area contributed by atoms with Gasteiger partial charge in [-0.1, -0.05) is 0 Å². The molecule has 2 N–H and O–H groups in total. The van der Waals surface area contributed by atoms with Crippen molar-refractivity contribution in [3.05, 3.63) is 119 Å². The van der Waals surface area contributed by atoms with Crippen molar-refractivity contribution < 1.29 is 40.4 Å². The summed E-state index contributed by atoms with van der Waals surface area (Å²) in [4.78, 5) is 52.0. The minimum Gasteiger partial charge on any atom is -0.325 e. The largest absolute Gasteiger partial charge is 0.329 e. The van der Waals surface area contributed by atoms with Crippen LogP contribution in [0.1, 0.15) is 60.0 Å². The van der Waals surface area contributed by atoms with Gasteiger partial charge < -0.3 is 15.1 Å². The molecule has 2 saturated carbocycles. The number of likely N-dealkylation sites (N-methyl/N-ethyl adjacent to an activating group) is 1. The zero-order valence-corrected chi connectivity index (χ0v) is 31.8. The summed E-state index contributed by atoms with van der Waals surface area (Å²) < 4.78 is 85.3. The average molecular weight is 801 g/mol. The van der Waals surface area contributed by atoms with E-state index in [4.69, 9.17) is 0 Å². The normalized spacial score (nSPS) is 14.9. The number of urea groups is 1. The van der Waals surface area contributed by atoms with Crippen LogP contribution in [-0.2, 0) is 32.5 Å². The van der Waals surface area contributed by atoms with Gasteiger partial charge >= 0.3 is 6.03 Å². The van der Waals surface area contributed by atoms with Crippen LogP contribution in [0.25, 0.3) is 0 Å². The number of pyridine rings is 2. The lowest BCUT2D eigenvalue weighted by Gasteiger charge is -2.26. The minimum atomic E-state index is -4.70. The first-order valence-electron chi connectivity index (χ1n) is 17.3. The molecule has 2 aromatic carbocycles. The Bertz CT molecular complexity index is 2110. The fourth-order valence-corrected chi connectivity index (χ4v) is 7.44. The van der Waals surface area contributed by atoms with Gasteiger partial charge in [-0.05, 0) is 91.8 Å². The lowest BCUT2D eigenvalue weighted by Crippen LogP contribution is -2.53. The number of nitrogens with zero attached hydrogens (tertiary/aromatic N) is 4. The maximum atomic E-state index is 14.1. The maximum absolute atomic E-state index is 14.1. The Kier molecular flexibility index (Phi) is 12.9. The Hall–Kier alpha value is -5.03. The number of hydrogen-bond donors (Lipinski definition) is 2. The summed E-state index contributed by atoms with van der Waals surface area (Å²) >= 11 is 0. The first-order chi connectivity index (χ1) is 25.6. The van der Waals surface area contributed by atoms with Gasteiger partial charge in [0.25, 0.3) is 0 Å². The summed E-state index contributed by atoms with van der Waals surface area (Å²) in [5.74, 6) is -6.96. The zero-order chi connectivity index (χ0) is 38.7. The van der Waals surface area contributed by atoms with Crippen molar-refractivity contribution in [3.8, 4) is 0 Å². The zero-order valence-electron chi connectivity index (χ0n) is 29.9. The number of halogens is 4. The highest BCUT2D eigenvalue weighted by Gasteiger charge is 2.33. The summed E-state index contributed by atoms with van der Waals surface area (Å²) in [6.45, 7) is 0. The molecule has 2 fully saturated rings. The lowest BCUT2D eigenvalue weighted by molar-refractivity contribution is -0.121. The van der Waals surface area contributed by atoms with Crippen molar-refractivity contribution in [1.29, 1.82) is 0 Å². The number of amides is 4. The summed E-state index contributed by atoms with van der Waals surface area (Å²) in [5, 5.41) is 2.30. The van der Waals surface area contributed by atoms with Crippen LogP contribution < -0.4 is 19.8 Å². The van der Waals surface area contributed by atoms with E-state index in [2.05, 4.69) is 15.3 Å². The number of carbonyl (C=O) groups is 3. The van der Waals surface area contributed by atoms with Crippen LogP contribution in [0.4, 0.5) is 33.7 Å². The third-order valence-electron chi connectivity index (χ3n) is 9.36. The number of nitrogens with one attached hydrogen (secondary N) is 2. The average Bonchev–Trinajstić information content (AvgIpc) is 4.03. The molecule has 0 unspecified atom stereocenters. The van der Waals surface area contributed by atoms with E-state index >= 15 is 0 Å². The number of rotatable bonds is 14. The number of hydrogen-bond acceptors (Lipinski definition) is 7. The molecular weight excluding hydrogens is 761 g/mol. The molecule has 0 aliphatic heterocycles. The van der Waals surface area contributed by atoms with Crippen LogP contribution in [0.5, 0.6) is 0 Å². The third-order valence-corrected chi connectivity index (χ3v) is 10.7. The van der Waals surface area contributed by atoms with Crippen LogP contribution in [0.3, 0.4) is 0 Å². The Morgan fingerprint density at radius 2 is 1.15 bits per heavy atom. The molecule has 4 amide bonds. The first-order valence-corrected chi connectivity index (χ1v) is 19.0. The van der Waals surface area contributed by atoms with Crippen LogP contribution in [0.15, 0.2) is 73.1 Å². The second-order valence-corrected chi connectivity index (χ2v) is 15.6. The molecule has 0 bridgehead atoms. The van der Waals surface area contributed by atoms with Gasteiger partial charge in [-0.3, -0.25) is 19.6 Å². The highest BCUT2D eigenvalue weighted by molar-refractivity contribution is 7.90. The van der Waals surface area contributed by atoms with Crippen molar-refractivity contribution in [1.82, 2.24) is 20.0 Å². The van der Waals surface area contributed by atoms with Crippen LogP contribution >= 0.6 is 13.5 Å². The molecule has 0 radical (unpaired) electrons. The smallest absolute Gasteiger partial charge is 0.325 e. The highest BCUT2D eigenvalue weighted by atomic mass is 32.2. The van der Waals surface area contributed by atoms with Crippen LogP contribution in [-0.4, -0.2) is 62.1 Å². The Morgan fingerprint density at radius 1 is 0.709 bits per heavy atom. The number of anilines is 2. The second-order valence-electron chi connectivity index (χ2n) is 13.8. The molecule has 6 rings (SSSR count). The SMILES string of the molecule is CN(C(=O)[C@H](Cc1cc(F)cc(F)c1)CS(=O)(=O)NC(=O)N[C@@H](Cc1cc(F)cc(F)c1)C(=O)N(C)c1ccc(C2CC2)nc1)c1ccc(C2CC2)nc1.S. The van der Waals surface area contributed by atoms with E-state index in [1.54, 1.807) is 24.3 Å². The van der Waals surface area contributed by atoms with E-state index in [9.17, 15) is 40.4 Å². The van der Waals surface area contributed by atoms with E-state index in [1.165, 1.54) is 36.3 Å². The molecule has 0 saturated heterocycles. The van der Waals surface area contributed by atoms with Crippen molar-refractivity contribution >= 4 is 52.7 Å². The topological polar surface area (TPSA) is 142 Å². The van der Waals surface area contributed by atoms with Gasteiger partial charge in [0, 0.05) is 55.9 Å². The minimum absolute atomic E-state index is 0. The number of aromatic nitrogens is 2. The lowest BCUT2D eigenvalue weighted by atomic mass is 9.99. The van der Waals surface area contributed by atoms with Crippen molar-refractivity contribution in [2.24, 2.45) is 5.92 Å². The number of carbonyl (C=O) groups excluding carboxylic acids is 3. The van der Waals surface area contributed by atoms with Gasteiger partial charge in [-0.15, -0.1) is 0 Å². The monoisotopic (exact) mass is 800 g/mol. The molecule has 0 spiro atoms. The predicted octanol–water partition coefficient (Wildman–Crippen LogP) is 5.63. The summed E-state index contributed by atoms with van der Waals surface area (Å²) in [5.41, 5.74) is 2.42. The van der Waals surface area contributed by atoms with Crippen molar-refractivity contribution in [2.45, 2.75) is 56.4 Å². The summed E-state index contributed by atoms with van der Waals surface area (Å²) in [6.07, 6.45) is 6.14. The van der Waals surface area contributed by atoms with Gasteiger partial charge in [0.15, 0.2) is 0 Å². The molecule has 2 aliphatic carbocycles.